The molecule has 0 saturated carbocycles. The van der Waals surface area contributed by atoms with Crippen LogP contribution in [0.25, 0.3) is 0 Å². The molecular formula is C12H20N2O4. The average molecular weight is 256 g/mol. The van der Waals surface area contributed by atoms with Gasteiger partial charge in [-0.1, -0.05) is 0 Å². The first-order valence-corrected chi connectivity index (χ1v) is 5.82. The van der Waals surface area contributed by atoms with E-state index in [0.29, 0.717) is 12.3 Å². The molecule has 0 saturated heterocycles. The minimum atomic E-state index is -0.968. The number of aromatic carboxylic acids is 1. The Morgan fingerprint density at radius 1 is 1.56 bits per heavy atom. The van der Waals surface area contributed by atoms with Crippen LogP contribution in [0.3, 0.4) is 0 Å². The molecule has 1 heterocycles. The lowest BCUT2D eigenvalue weighted by molar-refractivity contribution is 0.0696. The molecule has 0 aromatic carbocycles. The molecule has 6 nitrogen and oxygen atoms in total. The van der Waals surface area contributed by atoms with Crippen LogP contribution < -0.4 is 5.32 Å². The Bertz CT molecular complexity index is 365. The predicted molar refractivity (Wildman–Crippen MR) is 66.7 cm³/mol. The van der Waals surface area contributed by atoms with Crippen LogP contribution in [0, 0.1) is 0 Å². The number of furan rings is 1. The van der Waals surface area contributed by atoms with Gasteiger partial charge in [0.05, 0.1) is 18.7 Å². The molecule has 0 aliphatic rings. The maximum atomic E-state index is 10.6. The zero-order valence-electron chi connectivity index (χ0n) is 10.8. The van der Waals surface area contributed by atoms with Crippen LogP contribution in [0.5, 0.6) is 0 Å². The Morgan fingerprint density at radius 3 is 2.94 bits per heavy atom. The maximum Gasteiger partial charge on any atom is 0.338 e. The average Bonchev–Trinajstić information content (AvgIpc) is 2.81. The van der Waals surface area contributed by atoms with E-state index >= 15 is 0 Å². The van der Waals surface area contributed by atoms with Crippen LogP contribution in [-0.4, -0.2) is 56.4 Å². The standard InChI is InChI=1S/C12H20N2O4/c1-14(5-6-17-2)4-3-13-8-11-7-10(9-18-11)12(15)16/h7,9,13H,3-6,8H2,1-2H3,(H,15,16). The fourth-order valence-corrected chi connectivity index (χ4v) is 1.43. The third kappa shape index (κ3) is 5.31. The number of methoxy groups -OCH3 is 1. The first-order valence-electron chi connectivity index (χ1n) is 5.82. The zero-order valence-corrected chi connectivity index (χ0v) is 10.8. The number of carbonyl (C=O) groups is 1. The van der Waals surface area contributed by atoms with Crippen molar-refractivity contribution < 1.29 is 19.1 Å². The molecule has 6 heteroatoms. The van der Waals surface area contributed by atoms with Gasteiger partial charge in [-0.05, 0) is 13.1 Å². The Kier molecular flexibility index (Phi) is 6.42. The molecular weight excluding hydrogens is 236 g/mol. The van der Waals surface area contributed by atoms with Crippen molar-refractivity contribution in [1.82, 2.24) is 10.2 Å². The molecule has 0 aliphatic heterocycles. The van der Waals surface area contributed by atoms with E-state index < -0.39 is 5.97 Å². The summed E-state index contributed by atoms with van der Waals surface area (Å²) in [5, 5.41) is 11.9. The highest BCUT2D eigenvalue weighted by Crippen LogP contribution is 2.07. The van der Waals surface area contributed by atoms with Crippen molar-refractivity contribution in [3.8, 4) is 0 Å². The van der Waals surface area contributed by atoms with Gasteiger partial charge in [-0.2, -0.15) is 0 Å². The number of hydrogen-bond acceptors (Lipinski definition) is 5. The minimum absolute atomic E-state index is 0.184. The lowest BCUT2D eigenvalue weighted by atomic mass is 10.3. The summed E-state index contributed by atoms with van der Waals surface area (Å²) < 4.78 is 10.1. The summed E-state index contributed by atoms with van der Waals surface area (Å²) in [5.41, 5.74) is 0.184. The maximum absolute atomic E-state index is 10.6. The quantitative estimate of drug-likeness (QED) is 0.632. The van der Waals surface area contributed by atoms with Crippen molar-refractivity contribution >= 4 is 5.97 Å². The van der Waals surface area contributed by atoms with Crippen LogP contribution in [0.2, 0.25) is 0 Å². The van der Waals surface area contributed by atoms with Crippen molar-refractivity contribution in [2.75, 3.05) is 40.4 Å². The van der Waals surface area contributed by atoms with E-state index in [4.69, 9.17) is 14.3 Å². The van der Waals surface area contributed by atoms with E-state index in [1.165, 1.54) is 12.3 Å². The summed E-state index contributed by atoms with van der Waals surface area (Å²) in [7, 11) is 3.71. The van der Waals surface area contributed by atoms with Crippen LogP contribution in [0.15, 0.2) is 16.7 Å². The Hall–Kier alpha value is -1.37. The van der Waals surface area contributed by atoms with Crippen molar-refractivity contribution in [2.45, 2.75) is 6.54 Å². The molecule has 0 unspecified atom stereocenters. The SMILES string of the molecule is COCCN(C)CCNCc1cc(C(=O)O)co1. The number of hydrogen-bond donors (Lipinski definition) is 2. The summed E-state index contributed by atoms with van der Waals surface area (Å²) in [6.07, 6.45) is 1.25. The molecule has 0 spiro atoms. The molecule has 0 radical (unpaired) electrons. The molecule has 0 amide bonds. The normalized spacial score (nSPS) is 11.1. The van der Waals surface area contributed by atoms with Crippen LogP contribution in [0.1, 0.15) is 16.1 Å². The van der Waals surface area contributed by atoms with E-state index in [1.807, 2.05) is 7.05 Å². The molecule has 18 heavy (non-hydrogen) atoms. The highest BCUT2D eigenvalue weighted by atomic mass is 16.5. The molecule has 102 valence electrons. The zero-order chi connectivity index (χ0) is 13.4. The van der Waals surface area contributed by atoms with E-state index in [9.17, 15) is 4.79 Å². The van der Waals surface area contributed by atoms with Gasteiger partial charge in [-0.15, -0.1) is 0 Å². The third-order valence-electron chi connectivity index (χ3n) is 2.55. The fourth-order valence-electron chi connectivity index (χ4n) is 1.43. The van der Waals surface area contributed by atoms with Crippen LogP contribution >= 0.6 is 0 Å². The van der Waals surface area contributed by atoms with Gasteiger partial charge >= 0.3 is 5.97 Å². The van der Waals surface area contributed by atoms with Crippen molar-refractivity contribution in [3.63, 3.8) is 0 Å². The first kappa shape index (κ1) is 14.7. The monoisotopic (exact) mass is 256 g/mol. The molecule has 0 fully saturated rings. The van der Waals surface area contributed by atoms with E-state index in [0.717, 1.165) is 26.2 Å². The number of likely N-dealkylation sites (N-methyl/N-ethyl adjacent to an activating group) is 1. The number of nitrogens with one attached hydrogen (secondary N) is 1. The summed E-state index contributed by atoms with van der Waals surface area (Å²) in [6.45, 7) is 3.85. The molecule has 1 aromatic rings. The van der Waals surface area contributed by atoms with Gasteiger partial charge in [0.25, 0.3) is 0 Å². The van der Waals surface area contributed by atoms with Crippen molar-refractivity contribution in [2.24, 2.45) is 0 Å². The highest BCUT2D eigenvalue weighted by molar-refractivity contribution is 5.87. The van der Waals surface area contributed by atoms with Crippen LogP contribution in [-0.2, 0) is 11.3 Å². The largest absolute Gasteiger partial charge is 0.478 e. The first-order chi connectivity index (χ1) is 8.63. The molecule has 0 aliphatic carbocycles. The molecule has 0 bridgehead atoms. The number of rotatable bonds is 9. The Labute approximate surface area is 107 Å². The Morgan fingerprint density at radius 2 is 2.33 bits per heavy atom. The Balaban J connectivity index is 2.15. The van der Waals surface area contributed by atoms with Crippen LogP contribution in [0.4, 0.5) is 0 Å². The summed E-state index contributed by atoms with van der Waals surface area (Å²) in [6, 6.07) is 1.53. The number of nitrogens with zero attached hydrogens (tertiary/aromatic N) is 1. The molecule has 0 atom stereocenters. The van der Waals surface area contributed by atoms with Crippen molar-refractivity contribution in [1.29, 1.82) is 0 Å². The third-order valence-corrected chi connectivity index (χ3v) is 2.55. The summed E-state index contributed by atoms with van der Waals surface area (Å²) in [4.78, 5) is 12.8. The van der Waals surface area contributed by atoms with Gasteiger partial charge in [-0.3, -0.25) is 0 Å². The van der Waals surface area contributed by atoms with Gasteiger partial charge in [0, 0.05) is 26.7 Å². The number of carboxylic acid groups (broad SMARTS) is 1. The minimum Gasteiger partial charge on any atom is -0.478 e. The lowest BCUT2D eigenvalue weighted by Crippen LogP contribution is -2.31. The predicted octanol–water partition coefficient (Wildman–Crippen LogP) is 0.646. The van der Waals surface area contributed by atoms with E-state index in [1.54, 1.807) is 7.11 Å². The van der Waals surface area contributed by atoms with Gasteiger partial charge in [0.15, 0.2) is 0 Å². The van der Waals surface area contributed by atoms with Gasteiger partial charge < -0.3 is 24.5 Å². The second kappa shape index (κ2) is 7.86. The highest BCUT2D eigenvalue weighted by Gasteiger charge is 2.07. The molecule has 1 rings (SSSR count). The van der Waals surface area contributed by atoms with E-state index in [2.05, 4.69) is 10.2 Å². The summed E-state index contributed by atoms with van der Waals surface area (Å²) in [5.74, 6) is -0.337. The fraction of sp³-hybridized carbons (Fsp3) is 0.583. The topological polar surface area (TPSA) is 74.9 Å². The smallest absolute Gasteiger partial charge is 0.338 e. The molecule has 1 aromatic heterocycles. The number of carboxylic acids is 1. The van der Waals surface area contributed by atoms with Gasteiger partial charge in [0.1, 0.15) is 12.0 Å². The van der Waals surface area contributed by atoms with Gasteiger partial charge in [0.2, 0.25) is 0 Å². The molecule has 2 N–H and O–H groups in total. The second-order valence-corrected chi connectivity index (χ2v) is 4.08. The van der Waals surface area contributed by atoms with E-state index in [-0.39, 0.29) is 5.56 Å². The lowest BCUT2D eigenvalue weighted by Gasteiger charge is -2.15. The summed E-state index contributed by atoms with van der Waals surface area (Å²) >= 11 is 0. The van der Waals surface area contributed by atoms with Crippen molar-refractivity contribution in [3.05, 3.63) is 23.7 Å². The van der Waals surface area contributed by atoms with Gasteiger partial charge in [-0.25, -0.2) is 4.79 Å². The number of ether oxygens (including phenoxy) is 1. The second-order valence-electron chi connectivity index (χ2n) is 4.08.